The Morgan fingerprint density at radius 3 is 2.79 bits per heavy atom. The largest absolute Gasteiger partial charge is 0.461 e. The molecule has 1 fully saturated rings. The Morgan fingerprint density at radius 2 is 2.11 bits per heavy atom. The number of carbonyl (C=O) groups excluding carboxylic acids is 1. The molecule has 1 saturated carbocycles. The average Bonchev–Trinajstić information content (AvgIpc) is 2.42. The molecule has 19 heavy (non-hydrogen) atoms. The summed E-state index contributed by atoms with van der Waals surface area (Å²) in [5.41, 5.74) is 0.0904. The maximum atomic E-state index is 14.2. The molecule has 1 aliphatic carbocycles. The van der Waals surface area contributed by atoms with Gasteiger partial charge in [0.2, 0.25) is 0 Å². The van der Waals surface area contributed by atoms with Crippen LogP contribution in [0.3, 0.4) is 0 Å². The third-order valence-electron chi connectivity index (χ3n) is 3.54. The summed E-state index contributed by atoms with van der Waals surface area (Å²) in [6.45, 7) is 1.89. The summed E-state index contributed by atoms with van der Waals surface area (Å²) >= 11 is 0. The van der Waals surface area contributed by atoms with Gasteiger partial charge >= 0.3 is 5.97 Å². The van der Waals surface area contributed by atoms with Crippen LogP contribution in [0, 0.1) is 11.7 Å². The standard InChI is InChI=1S/C14H19FN2O2/c1-2-19-14(18)13-12(15)11(16-9-17-13)8-10-6-4-3-5-7-10/h9-10H,2-8H2,1H3. The van der Waals surface area contributed by atoms with Gasteiger partial charge in [-0.05, 0) is 19.3 Å². The lowest BCUT2D eigenvalue weighted by atomic mass is 9.86. The molecule has 0 amide bonds. The van der Waals surface area contributed by atoms with Gasteiger partial charge in [-0.15, -0.1) is 0 Å². The van der Waals surface area contributed by atoms with Crippen LogP contribution in [0.25, 0.3) is 0 Å². The Balaban J connectivity index is 2.12. The van der Waals surface area contributed by atoms with E-state index in [1.807, 2.05) is 0 Å². The highest BCUT2D eigenvalue weighted by molar-refractivity contribution is 5.87. The van der Waals surface area contributed by atoms with Crippen LogP contribution in [0.2, 0.25) is 0 Å². The van der Waals surface area contributed by atoms with Crippen LogP contribution in [0.4, 0.5) is 4.39 Å². The number of carbonyl (C=O) groups is 1. The van der Waals surface area contributed by atoms with Gasteiger partial charge in [0.15, 0.2) is 11.5 Å². The monoisotopic (exact) mass is 266 g/mol. The van der Waals surface area contributed by atoms with E-state index in [2.05, 4.69) is 9.97 Å². The molecule has 5 heteroatoms. The smallest absolute Gasteiger partial charge is 0.360 e. The summed E-state index contributed by atoms with van der Waals surface area (Å²) in [6.07, 6.45) is 7.70. The van der Waals surface area contributed by atoms with Crippen molar-refractivity contribution in [3.63, 3.8) is 0 Å². The fraction of sp³-hybridized carbons (Fsp3) is 0.643. The second kappa shape index (κ2) is 6.59. The van der Waals surface area contributed by atoms with E-state index >= 15 is 0 Å². The van der Waals surface area contributed by atoms with Gasteiger partial charge in [0.05, 0.1) is 12.3 Å². The fourth-order valence-corrected chi connectivity index (χ4v) is 2.56. The van der Waals surface area contributed by atoms with Crippen molar-refractivity contribution in [1.29, 1.82) is 0 Å². The van der Waals surface area contributed by atoms with Crippen LogP contribution >= 0.6 is 0 Å². The van der Waals surface area contributed by atoms with E-state index in [4.69, 9.17) is 4.74 Å². The van der Waals surface area contributed by atoms with Crippen molar-refractivity contribution in [3.05, 3.63) is 23.5 Å². The normalized spacial score (nSPS) is 16.3. The summed E-state index contributed by atoms with van der Waals surface area (Å²) in [6, 6.07) is 0. The molecule has 0 bridgehead atoms. The second-order valence-corrected chi connectivity index (χ2v) is 4.91. The van der Waals surface area contributed by atoms with Crippen molar-refractivity contribution >= 4 is 5.97 Å². The molecule has 1 aromatic heterocycles. The van der Waals surface area contributed by atoms with E-state index in [0.717, 1.165) is 12.8 Å². The van der Waals surface area contributed by atoms with Crippen LogP contribution in [-0.4, -0.2) is 22.5 Å². The summed E-state index contributed by atoms with van der Waals surface area (Å²) in [5, 5.41) is 0. The number of hydrogen-bond donors (Lipinski definition) is 0. The predicted octanol–water partition coefficient (Wildman–Crippen LogP) is 2.92. The molecule has 0 N–H and O–H groups in total. The van der Waals surface area contributed by atoms with E-state index in [0.29, 0.717) is 18.0 Å². The summed E-state index contributed by atoms with van der Waals surface area (Å²) < 4.78 is 19.0. The number of ether oxygens (including phenoxy) is 1. The molecule has 0 radical (unpaired) electrons. The highest BCUT2D eigenvalue weighted by Crippen LogP contribution is 2.27. The highest BCUT2D eigenvalue weighted by Gasteiger charge is 2.22. The van der Waals surface area contributed by atoms with Crippen molar-refractivity contribution in [2.75, 3.05) is 6.61 Å². The van der Waals surface area contributed by atoms with Crippen LogP contribution < -0.4 is 0 Å². The molecule has 0 atom stereocenters. The molecular formula is C14H19FN2O2. The fourth-order valence-electron chi connectivity index (χ4n) is 2.56. The molecule has 0 aromatic carbocycles. The van der Waals surface area contributed by atoms with Gasteiger partial charge in [-0.1, -0.05) is 32.1 Å². The van der Waals surface area contributed by atoms with Gasteiger partial charge in [-0.25, -0.2) is 19.2 Å². The third kappa shape index (κ3) is 3.49. The van der Waals surface area contributed by atoms with Gasteiger partial charge < -0.3 is 4.74 Å². The zero-order chi connectivity index (χ0) is 13.7. The number of esters is 1. The van der Waals surface area contributed by atoms with Crippen LogP contribution in [0.5, 0.6) is 0 Å². The van der Waals surface area contributed by atoms with Crippen molar-refractivity contribution in [2.45, 2.75) is 45.4 Å². The maximum absolute atomic E-state index is 14.2. The minimum absolute atomic E-state index is 0.209. The van der Waals surface area contributed by atoms with Crippen molar-refractivity contribution in [1.82, 2.24) is 9.97 Å². The van der Waals surface area contributed by atoms with Crippen LogP contribution in [0.1, 0.15) is 55.2 Å². The van der Waals surface area contributed by atoms with Crippen molar-refractivity contribution in [2.24, 2.45) is 5.92 Å². The lowest BCUT2D eigenvalue weighted by Gasteiger charge is -2.21. The van der Waals surface area contributed by atoms with E-state index in [-0.39, 0.29) is 12.3 Å². The number of aromatic nitrogens is 2. The van der Waals surface area contributed by atoms with Crippen LogP contribution in [0.15, 0.2) is 6.33 Å². The van der Waals surface area contributed by atoms with Crippen LogP contribution in [-0.2, 0) is 11.2 Å². The van der Waals surface area contributed by atoms with Gasteiger partial charge in [-0.3, -0.25) is 0 Å². The molecule has 2 rings (SSSR count). The molecule has 4 nitrogen and oxygen atoms in total. The summed E-state index contributed by atoms with van der Waals surface area (Å²) in [5.74, 6) is -0.869. The molecule has 0 spiro atoms. The number of hydrogen-bond acceptors (Lipinski definition) is 4. The van der Waals surface area contributed by atoms with Crippen molar-refractivity contribution < 1.29 is 13.9 Å². The first-order valence-electron chi connectivity index (χ1n) is 6.88. The lowest BCUT2D eigenvalue weighted by molar-refractivity contribution is 0.0512. The number of rotatable bonds is 4. The Bertz CT molecular complexity index is 445. The van der Waals surface area contributed by atoms with Crippen molar-refractivity contribution in [3.8, 4) is 0 Å². The molecule has 1 heterocycles. The minimum Gasteiger partial charge on any atom is -0.461 e. The molecule has 0 saturated heterocycles. The SMILES string of the molecule is CCOC(=O)c1ncnc(CC2CCCCC2)c1F. The predicted molar refractivity (Wildman–Crippen MR) is 68.2 cm³/mol. The average molecular weight is 266 g/mol. The second-order valence-electron chi connectivity index (χ2n) is 4.91. The lowest BCUT2D eigenvalue weighted by Crippen LogP contribution is -2.16. The first-order valence-corrected chi connectivity index (χ1v) is 6.88. The van der Waals surface area contributed by atoms with Gasteiger partial charge in [0, 0.05) is 0 Å². The quantitative estimate of drug-likeness (QED) is 0.786. The summed E-state index contributed by atoms with van der Waals surface area (Å²) in [4.78, 5) is 19.2. The Morgan fingerprint density at radius 1 is 1.37 bits per heavy atom. The molecule has 0 unspecified atom stereocenters. The molecule has 104 valence electrons. The Kier molecular flexibility index (Phi) is 4.82. The first kappa shape index (κ1) is 13.9. The van der Waals surface area contributed by atoms with Gasteiger partial charge in [0.1, 0.15) is 6.33 Å². The molecule has 1 aliphatic rings. The van der Waals surface area contributed by atoms with Gasteiger partial charge in [-0.2, -0.15) is 0 Å². The first-order chi connectivity index (χ1) is 9.22. The summed E-state index contributed by atoms with van der Waals surface area (Å²) in [7, 11) is 0. The zero-order valence-electron chi connectivity index (χ0n) is 11.2. The topological polar surface area (TPSA) is 52.1 Å². The number of halogens is 1. The minimum atomic E-state index is -0.715. The third-order valence-corrected chi connectivity index (χ3v) is 3.54. The van der Waals surface area contributed by atoms with E-state index < -0.39 is 11.8 Å². The molecule has 0 aliphatic heterocycles. The molecule has 1 aromatic rings. The van der Waals surface area contributed by atoms with E-state index in [9.17, 15) is 9.18 Å². The van der Waals surface area contributed by atoms with E-state index in [1.165, 1.54) is 25.6 Å². The van der Waals surface area contributed by atoms with Gasteiger partial charge in [0.25, 0.3) is 0 Å². The number of nitrogens with zero attached hydrogens (tertiary/aromatic N) is 2. The maximum Gasteiger partial charge on any atom is 0.360 e. The molecular weight excluding hydrogens is 247 g/mol. The van der Waals surface area contributed by atoms with E-state index in [1.54, 1.807) is 6.92 Å². The zero-order valence-corrected chi connectivity index (χ0v) is 11.2. The Labute approximate surface area is 112 Å². The Hall–Kier alpha value is -1.52. The highest BCUT2D eigenvalue weighted by atomic mass is 19.1.